The maximum Gasteiger partial charge on any atom is 0.248 e. The summed E-state index contributed by atoms with van der Waals surface area (Å²) in [6.45, 7) is 4.12. The summed E-state index contributed by atoms with van der Waals surface area (Å²) >= 11 is 0. The number of fused-ring (bicyclic) bond motifs is 2. The number of rotatable bonds is 2. The fourth-order valence-corrected chi connectivity index (χ4v) is 3.06. The van der Waals surface area contributed by atoms with Crippen molar-refractivity contribution in [3.8, 4) is 0 Å². The summed E-state index contributed by atoms with van der Waals surface area (Å²) in [5, 5.41) is 2.11. The fraction of sp³-hybridized carbons (Fsp3) is 0.176. The second-order valence-corrected chi connectivity index (χ2v) is 5.66. The van der Waals surface area contributed by atoms with Crippen LogP contribution in [-0.4, -0.2) is 19.9 Å². The highest BCUT2D eigenvalue weighted by molar-refractivity contribution is 5.84. The molecule has 4 aromatic heterocycles. The van der Waals surface area contributed by atoms with Crippen molar-refractivity contribution in [2.24, 2.45) is 0 Å². The van der Waals surface area contributed by atoms with Gasteiger partial charge in [0.15, 0.2) is 0 Å². The van der Waals surface area contributed by atoms with Gasteiger partial charge in [0.25, 0.3) is 0 Å². The highest BCUT2D eigenvalue weighted by Gasteiger charge is 2.16. The zero-order valence-corrected chi connectivity index (χ0v) is 12.4. The van der Waals surface area contributed by atoms with Gasteiger partial charge in [0.1, 0.15) is 0 Å². The number of hydrogen-bond acceptors (Lipinski definition) is 2. The Balaban J connectivity index is 1.89. The lowest BCUT2D eigenvalue weighted by Crippen LogP contribution is -2.04. The topological polar surface area (TPSA) is 77.3 Å². The number of nitrogens with zero attached hydrogens (tertiary/aromatic N) is 1. The first-order valence-corrected chi connectivity index (χ1v) is 7.28. The van der Waals surface area contributed by atoms with Crippen molar-refractivity contribution in [3.63, 3.8) is 0 Å². The van der Waals surface area contributed by atoms with Gasteiger partial charge in [0, 0.05) is 47.0 Å². The molecule has 0 amide bonds. The van der Waals surface area contributed by atoms with Crippen LogP contribution in [0.4, 0.5) is 0 Å². The zero-order chi connectivity index (χ0) is 15.3. The Kier molecular flexibility index (Phi) is 2.69. The summed E-state index contributed by atoms with van der Waals surface area (Å²) in [4.78, 5) is 25.4. The van der Waals surface area contributed by atoms with Gasteiger partial charge >= 0.3 is 0 Å². The standard InChI is InChI=1S/C17H16N4O/c1-9(13-7-19-15-8-20-16(22)6-12(13)15)14-5-11-3-4-18-17(11)10(2)21-14/h3-9,18-19H,1-2H3,(H,20,22)/t9-/m0/s1. The van der Waals surface area contributed by atoms with Crippen LogP contribution in [0, 0.1) is 6.92 Å². The van der Waals surface area contributed by atoms with E-state index in [1.54, 1.807) is 12.3 Å². The molecule has 1 atom stereocenters. The van der Waals surface area contributed by atoms with E-state index in [4.69, 9.17) is 4.98 Å². The number of H-pyrrole nitrogens is 3. The summed E-state index contributed by atoms with van der Waals surface area (Å²) in [6.07, 6.45) is 5.60. The second kappa shape index (κ2) is 4.59. The van der Waals surface area contributed by atoms with Crippen LogP contribution >= 0.6 is 0 Å². The Morgan fingerprint density at radius 1 is 1.14 bits per heavy atom. The molecule has 5 nitrogen and oxygen atoms in total. The second-order valence-electron chi connectivity index (χ2n) is 5.66. The maximum absolute atomic E-state index is 11.6. The lowest BCUT2D eigenvalue weighted by atomic mass is 9.96. The van der Waals surface area contributed by atoms with Crippen molar-refractivity contribution < 1.29 is 0 Å². The first-order valence-electron chi connectivity index (χ1n) is 7.28. The van der Waals surface area contributed by atoms with Crippen LogP contribution in [0.5, 0.6) is 0 Å². The van der Waals surface area contributed by atoms with Crippen molar-refractivity contribution in [3.05, 3.63) is 64.1 Å². The van der Waals surface area contributed by atoms with E-state index in [1.165, 1.54) is 0 Å². The van der Waals surface area contributed by atoms with Gasteiger partial charge in [0.05, 0.1) is 16.7 Å². The minimum atomic E-state index is -0.0919. The molecule has 0 spiro atoms. The van der Waals surface area contributed by atoms with Gasteiger partial charge < -0.3 is 15.0 Å². The van der Waals surface area contributed by atoms with Crippen molar-refractivity contribution in [1.29, 1.82) is 0 Å². The number of aromatic nitrogens is 4. The van der Waals surface area contributed by atoms with E-state index in [1.807, 2.05) is 19.3 Å². The molecule has 5 heteroatoms. The van der Waals surface area contributed by atoms with E-state index in [0.29, 0.717) is 0 Å². The average molecular weight is 292 g/mol. The maximum atomic E-state index is 11.6. The molecular formula is C17H16N4O. The molecule has 4 rings (SSSR count). The quantitative estimate of drug-likeness (QED) is 0.530. The molecule has 0 aliphatic rings. The molecule has 0 saturated carbocycles. The van der Waals surface area contributed by atoms with Gasteiger partial charge in [-0.3, -0.25) is 9.78 Å². The van der Waals surface area contributed by atoms with Gasteiger partial charge in [-0.25, -0.2) is 0 Å². The Morgan fingerprint density at radius 2 is 2.00 bits per heavy atom. The van der Waals surface area contributed by atoms with Gasteiger partial charge in [-0.2, -0.15) is 0 Å². The molecule has 110 valence electrons. The van der Waals surface area contributed by atoms with E-state index < -0.39 is 0 Å². The van der Waals surface area contributed by atoms with Crippen molar-refractivity contribution in [2.75, 3.05) is 0 Å². The summed E-state index contributed by atoms with van der Waals surface area (Å²) in [5.41, 5.74) is 4.99. The lowest BCUT2D eigenvalue weighted by molar-refractivity contribution is 0.874. The third-order valence-electron chi connectivity index (χ3n) is 4.27. The van der Waals surface area contributed by atoms with E-state index >= 15 is 0 Å². The molecule has 4 heterocycles. The fourth-order valence-electron chi connectivity index (χ4n) is 3.06. The summed E-state index contributed by atoms with van der Waals surface area (Å²) in [6, 6.07) is 5.80. The molecule has 0 saturated heterocycles. The number of aromatic amines is 3. The van der Waals surface area contributed by atoms with Crippen molar-refractivity contribution in [1.82, 2.24) is 19.9 Å². The number of nitrogens with one attached hydrogen (secondary N) is 3. The highest BCUT2D eigenvalue weighted by Crippen LogP contribution is 2.30. The molecule has 0 bridgehead atoms. The largest absolute Gasteiger partial charge is 0.360 e. The Bertz CT molecular complexity index is 1040. The molecule has 0 aliphatic carbocycles. The van der Waals surface area contributed by atoms with Crippen LogP contribution in [0.2, 0.25) is 0 Å². The molecule has 4 aromatic rings. The van der Waals surface area contributed by atoms with Crippen LogP contribution in [0.25, 0.3) is 21.8 Å². The van der Waals surface area contributed by atoms with Crippen molar-refractivity contribution in [2.45, 2.75) is 19.8 Å². The van der Waals surface area contributed by atoms with Gasteiger partial charge in [-0.15, -0.1) is 0 Å². The van der Waals surface area contributed by atoms with E-state index in [-0.39, 0.29) is 11.5 Å². The predicted octanol–water partition coefficient (Wildman–Crippen LogP) is 3.19. The zero-order valence-electron chi connectivity index (χ0n) is 12.4. The van der Waals surface area contributed by atoms with Gasteiger partial charge in [0.2, 0.25) is 5.56 Å². The minimum Gasteiger partial charge on any atom is -0.360 e. The molecule has 0 aliphatic heterocycles. The molecule has 0 fully saturated rings. The van der Waals surface area contributed by atoms with Crippen LogP contribution in [0.3, 0.4) is 0 Å². The number of hydrogen-bond donors (Lipinski definition) is 3. The van der Waals surface area contributed by atoms with E-state index in [2.05, 4.69) is 34.0 Å². The first kappa shape index (κ1) is 12.9. The van der Waals surface area contributed by atoms with Crippen molar-refractivity contribution >= 4 is 21.8 Å². The summed E-state index contributed by atoms with van der Waals surface area (Å²) < 4.78 is 0. The Morgan fingerprint density at radius 3 is 2.86 bits per heavy atom. The summed E-state index contributed by atoms with van der Waals surface area (Å²) in [5.74, 6) is 0.105. The highest BCUT2D eigenvalue weighted by atomic mass is 16.1. The first-order chi connectivity index (χ1) is 10.6. The SMILES string of the molecule is Cc1nc([C@@H](C)c2c[nH]c3c[nH]c(=O)cc23)cc2cc[nH]c12. The minimum absolute atomic E-state index is 0.0919. The monoisotopic (exact) mass is 292 g/mol. The normalized spacial score (nSPS) is 13.0. The van der Waals surface area contributed by atoms with E-state index in [0.717, 1.165) is 38.8 Å². The smallest absolute Gasteiger partial charge is 0.248 e. The number of pyridine rings is 2. The van der Waals surface area contributed by atoms with Crippen LogP contribution in [0.15, 0.2) is 41.6 Å². The third kappa shape index (κ3) is 1.86. The Labute approximate surface area is 126 Å². The molecule has 0 aromatic carbocycles. The lowest BCUT2D eigenvalue weighted by Gasteiger charge is -2.12. The van der Waals surface area contributed by atoms with Gasteiger partial charge in [-0.1, -0.05) is 6.92 Å². The van der Waals surface area contributed by atoms with Crippen LogP contribution < -0.4 is 5.56 Å². The Hall–Kier alpha value is -2.82. The summed E-state index contributed by atoms with van der Waals surface area (Å²) in [7, 11) is 0. The third-order valence-corrected chi connectivity index (χ3v) is 4.27. The van der Waals surface area contributed by atoms with E-state index in [9.17, 15) is 4.79 Å². The molecule has 3 N–H and O–H groups in total. The molecule has 0 unspecified atom stereocenters. The van der Waals surface area contributed by atoms with Gasteiger partial charge in [-0.05, 0) is 24.6 Å². The molecule has 22 heavy (non-hydrogen) atoms. The van der Waals surface area contributed by atoms with Crippen LogP contribution in [0.1, 0.15) is 29.8 Å². The predicted molar refractivity (Wildman–Crippen MR) is 87.3 cm³/mol. The molecule has 0 radical (unpaired) electrons. The average Bonchev–Trinajstić information content (AvgIpc) is 3.12. The molecular weight excluding hydrogens is 276 g/mol. The number of aryl methyl sites for hydroxylation is 1. The van der Waals surface area contributed by atoms with Crippen LogP contribution in [-0.2, 0) is 0 Å².